The molecule has 0 spiro atoms. The van der Waals surface area contributed by atoms with Crippen molar-refractivity contribution in [2.45, 2.75) is 34.2 Å². The lowest BCUT2D eigenvalue weighted by atomic mass is 9.87. The van der Waals surface area contributed by atoms with Crippen molar-refractivity contribution in [2.75, 3.05) is 12.4 Å². The van der Waals surface area contributed by atoms with Gasteiger partial charge in [0.1, 0.15) is 0 Å². The predicted octanol–water partition coefficient (Wildman–Crippen LogP) is 5.98. The van der Waals surface area contributed by atoms with Gasteiger partial charge in [-0.05, 0) is 84.8 Å². The van der Waals surface area contributed by atoms with E-state index >= 15 is 0 Å². The van der Waals surface area contributed by atoms with Crippen molar-refractivity contribution in [3.05, 3.63) is 87.5 Å². The van der Waals surface area contributed by atoms with Gasteiger partial charge in [-0.25, -0.2) is 0 Å². The highest BCUT2D eigenvalue weighted by Gasteiger charge is 2.22. The van der Waals surface area contributed by atoms with Crippen LogP contribution in [0.1, 0.15) is 38.9 Å². The molecular weight excluding hydrogens is 328 g/mol. The first-order chi connectivity index (χ1) is 13.0. The van der Waals surface area contributed by atoms with Gasteiger partial charge >= 0.3 is 0 Å². The summed E-state index contributed by atoms with van der Waals surface area (Å²) in [6.07, 6.45) is 0. The summed E-state index contributed by atoms with van der Waals surface area (Å²) in [7, 11) is 1.97. The summed E-state index contributed by atoms with van der Waals surface area (Å²) >= 11 is 0. The number of aliphatic imine (C=N–C) groups is 1. The average Bonchev–Trinajstić information content (AvgIpc) is 2.79. The number of hydrogen-bond acceptors (Lipinski definition) is 2. The van der Waals surface area contributed by atoms with Crippen LogP contribution in [-0.4, -0.2) is 12.8 Å². The van der Waals surface area contributed by atoms with Gasteiger partial charge in [-0.1, -0.05) is 30.3 Å². The minimum atomic E-state index is 0.704. The van der Waals surface area contributed by atoms with Crippen molar-refractivity contribution in [1.29, 1.82) is 0 Å². The van der Waals surface area contributed by atoms with Crippen molar-refractivity contribution in [3.63, 3.8) is 0 Å². The molecular formula is C25H26N2. The Morgan fingerprint density at radius 1 is 0.741 bits per heavy atom. The minimum Gasteiger partial charge on any atom is -0.388 e. The van der Waals surface area contributed by atoms with Gasteiger partial charge in [-0.2, -0.15) is 0 Å². The standard InChI is InChI=1S/C25H26N2/c1-15-7-6-8-16(2)24(15)25-23-12-18(4)17(3)11-22(23)21-13-20(26-5)10-9-19(21)14-27-25/h6-13,26H,14H2,1-5H3. The third-order valence-electron chi connectivity index (χ3n) is 5.70. The van der Waals surface area contributed by atoms with Gasteiger partial charge in [-0.3, -0.25) is 4.99 Å². The summed E-state index contributed by atoms with van der Waals surface area (Å²) in [5.41, 5.74) is 13.8. The maximum atomic E-state index is 5.12. The molecule has 4 rings (SSSR count). The third-order valence-corrected chi connectivity index (χ3v) is 5.70. The molecule has 0 saturated carbocycles. The van der Waals surface area contributed by atoms with E-state index in [0.29, 0.717) is 6.54 Å². The van der Waals surface area contributed by atoms with E-state index in [1.807, 2.05) is 7.05 Å². The lowest BCUT2D eigenvalue weighted by molar-refractivity contribution is 1.08. The molecule has 0 fully saturated rings. The fourth-order valence-electron chi connectivity index (χ4n) is 4.01. The highest BCUT2D eigenvalue weighted by atomic mass is 14.8. The van der Waals surface area contributed by atoms with Crippen LogP contribution in [0, 0.1) is 27.7 Å². The lowest BCUT2D eigenvalue weighted by Crippen LogP contribution is -2.09. The highest BCUT2D eigenvalue weighted by molar-refractivity contribution is 6.18. The summed E-state index contributed by atoms with van der Waals surface area (Å²) in [6, 6.07) is 17.7. The zero-order valence-electron chi connectivity index (χ0n) is 16.8. The quantitative estimate of drug-likeness (QED) is 0.601. The molecule has 0 radical (unpaired) electrons. The second kappa shape index (κ2) is 6.70. The fourth-order valence-corrected chi connectivity index (χ4v) is 4.01. The zero-order chi connectivity index (χ0) is 19.1. The molecule has 136 valence electrons. The number of aryl methyl sites for hydroxylation is 4. The molecule has 3 aromatic carbocycles. The molecule has 0 saturated heterocycles. The number of nitrogens with zero attached hydrogens (tertiary/aromatic N) is 1. The molecule has 0 atom stereocenters. The van der Waals surface area contributed by atoms with Crippen LogP contribution < -0.4 is 5.32 Å². The molecule has 2 nitrogen and oxygen atoms in total. The van der Waals surface area contributed by atoms with Crippen LogP contribution in [0.2, 0.25) is 0 Å². The monoisotopic (exact) mass is 354 g/mol. The van der Waals surface area contributed by atoms with Gasteiger partial charge in [0.2, 0.25) is 0 Å². The van der Waals surface area contributed by atoms with E-state index in [0.717, 1.165) is 11.4 Å². The van der Waals surface area contributed by atoms with Crippen molar-refractivity contribution in [1.82, 2.24) is 0 Å². The van der Waals surface area contributed by atoms with Crippen molar-refractivity contribution >= 4 is 11.4 Å². The maximum absolute atomic E-state index is 5.12. The van der Waals surface area contributed by atoms with Crippen LogP contribution in [0.5, 0.6) is 0 Å². The first kappa shape index (κ1) is 17.5. The van der Waals surface area contributed by atoms with Gasteiger partial charge in [0.25, 0.3) is 0 Å². The lowest BCUT2D eigenvalue weighted by Gasteiger charge is -2.17. The molecule has 1 N–H and O–H groups in total. The number of rotatable bonds is 2. The summed E-state index contributed by atoms with van der Waals surface area (Å²) in [5.74, 6) is 0. The van der Waals surface area contributed by atoms with Crippen molar-refractivity contribution < 1.29 is 0 Å². The molecule has 0 bridgehead atoms. The summed E-state index contributed by atoms with van der Waals surface area (Å²) in [4.78, 5) is 5.12. The normalized spacial score (nSPS) is 12.7. The number of fused-ring (bicyclic) bond motifs is 3. The Bertz CT molecular complexity index is 1050. The highest BCUT2D eigenvalue weighted by Crippen LogP contribution is 2.37. The summed E-state index contributed by atoms with van der Waals surface area (Å²) < 4.78 is 0. The zero-order valence-corrected chi connectivity index (χ0v) is 16.8. The molecule has 0 amide bonds. The molecule has 0 aromatic heterocycles. The van der Waals surface area contributed by atoms with Crippen LogP contribution in [0.3, 0.4) is 0 Å². The maximum Gasteiger partial charge on any atom is 0.0734 e. The first-order valence-electron chi connectivity index (χ1n) is 9.53. The van der Waals surface area contributed by atoms with Gasteiger partial charge < -0.3 is 5.32 Å². The predicted molar refractivity (Wildman–Crippen MR) is 116 cm³/mol. The van der Waals surface area contributed by atoms with Gasteiger partial charge in [-0.15, -0.1) is 0 Å². The molecule has 1 aliphatic rings. The Morgan fingerprint density at radius 2 is 1.41 bits per heavy atom. The number of benzene rings is 3. The van der Waals surface area contributed by atoms with Crippen LogP contribution in [-0.2, 0) is 6.54 Å². The Balaban J connectivity index is 2.05. The van der Waals surface area contributed by atoms with E-state index in [1.54, 1.807) is 0 Å². The first-order valence-corrected chi connectivity index (χ1v) is 9.53. The molecule has 0 aliphatic carbocycles. The average molecular weight is 354 g/mol. The fraction of sp³-hybridized carbons (Fsp3) is 0.240. The second-order valence-corrected chi connectivity index (χ2v) is 7.54. The van der Waals surface area contributed by atoms with E-state index in [-0.39, 0.29) is 0 Å². The molecule has 3 aromatic rings. The Morgan fingerprint density at radius 3 is 2.07 bits per heavy atom. The number of nitrogens with one attached hydrogen (secondary N) is 1. The van der Waals surface area contributed by atoms with Crippen LogP contribution in [0.25, 0.3) is 11.1 Å². The number of anilines is 1. The van der Waals surface area contributed by atoms with Crippen molar-refractivity contribution in [3.8, 4) is 11.1 Å². The SMILES string of the molecule is CNc1ccc2c(c1)-c1cc(C)c(C)cc1C(c1c(C)cccc1C)=NC2. The van der Waals surface area contributed by atoms with E-state index in [1.165, 1.54) is 50.1 Å². The van der Waals surface area contributed by atoms with E-state index < -0.39 is 0 Å². The van der Waals surface area contributed by atoms with Crippen LogP contribution in [0.4, 0.5) is 5.69 Å². The molecule has 27 heavy (non-hydrogen) atoms. The largest absolute Gasteiger partial charge is 0.388 e. The topological polar surface area (TPSA) is 24.4 Å². The Hall–Kier alpha value is -2.87. The molecule has 0 unspecified atom stereocenters. The molecule has 1 heterocycles. The Labute approximate surface area is 162 Å². The second-order valence-electron chi connectivity index (χ2n) is 7.54. The van der Waals surface area contributed by atoms with Gasteiger partial charge in [0.05, 0.1) is 12.3 Å². The third kappa shape index (κ3) is 2.95. The van der Waals surface area contributed by atoms with Gasteiger partial charge in [0, 0.05) is 23.9 Å². The number of hydrogen-bond donors (Lipinski definition) is 1. The van der Waals surface area contributed by atoms with Crippen LogP contribution >= 0.6 is 0 Å². The van der Waals surface area contributed by atoms with E-state index in [9.17, 15) is 0 Å². The summed E-state index contributed by atoms with van der Waals surface area (Å²) in [5, 5.41) is 3.28. The van der Waals surface area contributed by atoms with E-state index in [4.69, 9.17) is 4.99 Å². The minimum absolute atomic E-state index is 0.704. The van der Waals surface area contributed by atoms with Gasteiger partial charge in [0.15, 0.2) is 0 Å². The molecule has 1 aliphatic heterocycles. The van der Waals surface area contributed by atoms with Crippen LogP contribution in [0.15, 0.2) is 53.5 Å². The van der Waals surface area contributed by atoms with Crippen molar-refractivity contribution in [2.24, 2.45) is 4.99 Å². The van der Waals surface area contributed by atoms with E-state index in [2.05, 4.69) is 81.5 Å². The molecule has 2 heteroatoms. The Kier molecular flexibility index (Phi) is 4.35. The smallest absolute Gasteiger partial charge is 0.0734 e. The summed E-state index contributed by atoms with van der Waals surface area (Å²) in [6.45, 7) is 9.45.